The molecule has 0 bridgehead atoms. The van der Waals surface area contributed by atoms with E-state index in [2.05, 4.69) is 9.97 Å². The molecular formula is C15H21N3O3. The molecule has 6 nitrogen and oxygen atoms in total. The van der Waals surface area contributed by atoms with Gasteiger partial charge >= 0.3 is 5.97 Å². The molecule has 6 heteroatoms. The van der Waals surface area contributed by atoms with Crippen molar-refractivity contribution in [3.8, 4) is 0 Å². The third-order valence-corrected chi connectivity index (χ3v) is 3.19. The molecule has 1 saturated heterocycles. The molecule has 21 heavy (non-hydrogen) atoms. The molecule has 0 unspecified atom stereocenters. The van der Waals surface area contributed by atoms with Gasteiger partial charge in [-0.3, -0.25) is 9.78 Å². The molecule has 2 rings (SSSR count). The second-order valence-corrected chi connectivity index (χ2v) is 6.23. The zero-order valence-electron chi connectivity index (χ0n) is 12.9. The topological polar surface area (TPSA) is 72.4 Å². The van der Waals surface area contributed by atoms with Gasteiger partial charge in [0, 0.05) is 12.7 Å². The van der Waals surface area contributed by atoms with E-state index in [4.69, 9.17) is 4.74 Å². The molecule has 1 fully saturated rings. The Morgan fingerprint density at radius 3 is 2.57 bits per heavy atom. The van der Waals surface area contributed by atoms with Crippen LogP contribution in [0.5, 0.6) is 0 Å². The molecule has 0 N–H and O–H groups in total. The molecule has 0 radical (unpaired) electrons. The summed E-state index contributed by atoms with van der Waals surface area (Å²) < 4.78 is 5.39. The van der Waals surface area contributed by atoms with Crippen LogP contribution in [-0.4, -0.2) is 44.9 Å². The Morgan fingerprint density at radius 2 is 2.00 bits per heavy atom. The number of carbonyl (C=O) groups is 2. The Bertz CT molecular complexity index is 534. The number of esters is 1. The Balaban J connectivity index is 2.13. The summed E-state index contributed by atoms with van der Waals surface area (Å²) in [6.45, 7) is 7.80. The lowest BCUT2D eigenvalue weighted by molar-refractivity contribution is -0.159. The summed E-state index contributed by atoms with van der Waals surface area (Å²) in [4.78, 5) is 34.4. The molecule has 1 aliphatic heterocycles. The van der Waals surface area contributed by atoms with E-state index < -0.39 is 11.6 Å². The maximum absolute atomic E-state index is 12.5. The van der Waals surface area contributed by atoms with Crippen LogP contribution in [0.3, 0.4) is 0 Å². The molecule has 0 spiro atoms. The van der Waals surface area contributed by atoms with Crippen molar-refractivity contribution < 1.29 is 14.3 Å². The monoisotopic (exact) mass is 291 g/mol. The number of ether oxygens (including phenoxy) is 1. The maximum atomic E-state index is 12.5. The Hall–Kier alpha value is -1.98. The first-order chi connectivity index (χ1) is 9.78. The van der Waals surface area contributed by atoms with E-state index >= 15 is 0 Å². The minimum Gasteiger partial charge on any atom is -0.458 e. The van der Waals surface area contributed by atoms with Gasteiger partial charge in [0.1, 0.15) is 17.3 Å². The fourth-order valence-corrected chi connectivity index (χ4v) is 2.27. The van der Waals surface area contributed by atoms with Gasteiger partial charge in [-0.15, -0.1) is 0 Å². The second kappa shape index (κ2) is 5.79. The third-order valence-electron chi connectivity index (χ3n) is 3.19. The van der Waals surface area contributed by atoms with Crippen molar-refractivity contribution in [2.45, 2.75) is 52.2 Å². The molecule has 0 saturated carbocycles. The largest absolute Gasteiger partial charge is 0.458 e. The average molecular weight is 291 g/mol. The van der Waals surface area contributed by atoms with Gasteiger partial charge in [0.05, 0.1) is 11.9 Å². The number of hydrogen-bond donors (Lipinski definition) is 0. The Kier molecular flexibility index (Phi) is 4.25. The highest BCUT2D eigenvalue weighted by Crippen LogP contribution is 2.22. The number of amides is 1. The zero-order valence-corrected chi connectivity index (χ0v) is 12.9. The van der Waals surface area contributed by atoms with Gasteiger partial charge in [-0.05, 0) is 40.5 Å². The van der Waals surface area contributed by atoms with Crippen molar-refractivity contribution >= 4 is 11.9 Å². The number of rotatable bonds is 2. The zero-order chi connectivity index (χ0) is 15.6. The van der Waals surface area contributed by atoms with E-state index in [0.717, 1.165) is 12.1 Å². The van der Waals surface area contributed by atoms with Gasteiger partial charge in [-0.25, -0.2) is 9.78 Å². The normalized spacial score (nSPS) is 18.7. The molecule has 1 aromatic heterocycles. The molecule has 0 aliphatic carbocycles. The first-order valence-electron chi connectivity index (χ1n) is 7.10. The van der Waals surface area contributed by atoms with Crippen molar-refractivity contribution in [1.82, 2.24) is 14.9 Å². The fraction of sp³-hybridized carbons (Fsp3) is 0.600. The first-order valence-corrected chi connectivity index (χ1v) is 7.10. The van der Waals surface area contributed by atoms with Crippen molar-refractivity contribution in [2.75, 3.05) is 6.54 Å². The van der Waals surface area contributed by atoms with Gasteiger partial charge in [-0.2, -0.15) is 0 Å². The van der Waals surface area contributed by atoms with Crippen LogP contribution < -0.4 is 0 Å². The SMILES string of the molecule is Cc1cnc(C(=O)N2CCC[C@@H]2C(=O)OC(C)(C)C)cn1. The standard InChI is InChI=1S/C15H21N3O3/c1-10-8-17-11(9-16-10)13(19)18-7-5-6-12(18)14(20)21-15(2,3)4/h8-9,12H,5-7H2,1-4H3/t12-/m1/s1. The van der Waals surface area contributed by atoms with Gasteiger partial charge in [-0.1, -0.05) is 0 Å². The van der Waals surface area contributed by atoms with Gasteiger partial charge in [0.25, 0.3) is 5.91 Å². The predicted molar refractivity (Wildman–Crippen MR) is 76.7 cm³/mol. The van der Waals surface area contributed by atoms with E-state index in [1.54, 1.807) is 13.1 Å². The van der Waals surface area contributed by atoms with Crippen molar-refractivity contribution in [3.05, 3.63) is 23.8 Å². The summed E-state index contributed by atoms with van der Waals surface area (Å²) in [5.41, 5.74) is 0.450. The van der Waals surface area contributed by atoms with E-state index in [1.807, 2.05) is 20.8 Å². The fourth-order valence-electron chi connectivity index (χ4n) is 2.27. The smallest absolute Gasteiger partial charge is 0.329 e. The number of aryl methyl sites for hydroxylation is 1. The number of carbonyl (C=O) groups excluding carboxylic acids is 2. The summed E-state index contributed by atoms with van der Waals surface area (Å²) in [5, 5.41) is 0. The first kappa shape index (κ1) is 15.4. The Labute approximate surface area is 124 Å². The number of nitrogens with zero attached hydrogens (tertiary/aromatic N) is 3. The average Bonchev–Trinajstić information content (AvgIpc) is 2.86. The second-order valence-electron chi connectivity index (χ2n) is 6.23. The minimum atomic E-state index is -0.557. The maximum Gasteiger partial charge on any atom is 0.329 e. The molecule has 114 valence electrons. The molecular weight excluding hydrogens is 270 g/mol. The van der Waals surface area contributed by atoms with E-state index in [0.29, 0.717) is 13.0 Å². The highest BCUT2D eigenvalue weighted by Gasteiger charge is 2.37. The van der Waals surface area contributed by atoms with Crippen molar-refractivity contribution in [1.29, 1.82) is 0 Å². The van der Waals surface area contributed by atoms with E-state index in [9.17, 15) is 9.59 Å². The van der Waals surface area contributed by atoms with Crippen molar-refractivity contribution in [2.24, 2.45) is 0 Å². The molecule has 1 aromatic rings. The quantitative estimate of drug-likeness (QED) is 0.776. The highest BCUT2D eigenvalue weighted by atomic mass is 16.6. The van der Waals surface area contributed by atoms with Crippen LogP contribution in [0.15, 0.2) is 12.4 Å². The van der Waals surface area contributed by atoms with Gasteiger partial charge in [0.2, 0.25) is 0 Å². The van der Waals surface area contributed by atoms with Crippen LogP contribution in [0, 0.1) is 6.92 Å². The van der Waals surface area contributed by atoms with Crippen LogP contribution in [0.2, 0.25) is 0 Å². The lowest BCUT2D eigenvalue weighted by Gasteiger charge is -2.27. The van der Waals surface area contributed by atoms with Crippen LogP contribution in [0.25, 0.3) is 0 Å². The number of aromatic nitrogens is 2. The third kappa shape index (κ3) is 3.77. The van der Waals surface area contributed by atoms with Crippen LogP contribution in [0.4, 0.5) is 0 Å². The lowest BCUT2D eigenvalue weighted by atomic mass is 10.1. The molecule has 1 atom stereocenters. The molecule has 0 aromatic carbocycles. The molecule has 1 amide bonds. The number of hydrogen-bond acceptors (Lipinski definition) is 5. The lowest BCUT2D eigenvalue weighted by Crippen LogP contribution is -2.43. The Morgan fingerprint density at radius 1 is 1.29 bits per heavy atom. The van der Waals surface area contributed by atoms with Crippen molar-refractivity contribution in [3.63, 3.8) is 0 Å². The number of likely N-dealkylation sites (tertiary alicyclic amines) is 1. The van der Waals surface area contributed by atoms with E-state index in [-0.39, 0.29) is 17.6 Å². The molecule has 1 aliphatic rings. The van der Waals surface area contributed by atoms with Gasteiger partial charge in [0.15, 0.2) is 0 Å². The minimum absolute atomic E-state index is 0.260. The van der Waals surface area contributed by atoms with Crippen LogP contribution in [-0.2, 0) is 9.53 Å². The van der Waals surface area contributed by atoms with Gasteiger partial charge < -0.3 is 9.64 Å². The van der Waals surface area contributed by atoms with Crippen LogP contribution in [0.1, 0.15) is 49.8 Å². The van der Waals surface area contributed by atoms with Crippen LogP contribution >= 0.6 is 0 Å². The predicted octanol–water partition coefficient (Wildman–Crippen LogP) is 1.73. The molecule has 2 heterocycles. The summed E-state index contributed by atoms with van der Waals surface area (Å²) in [5.74, 6) is -0.621. The summed E-state index contributed by atoms with van der Waals surface area (Å²) in [6, 6.07) is -0.528. The summed E-state index contributed by atoms with van der Waals surface area (Å²) >= 11 is 0. The summed E-state index contributed by atoms with van der Waals surface area (Å²) in [6.07, 6.45) is 4.41. The summed E-state index contributed by atoms with van der Waals surface area (Å²) in [7, 11) is 0. The highest BCUT2D eigenvalue weighted by molar-refractivity contribution is 5.95. The van der Waals surface area contributed by atoms with E-state index in [1.165, 1.54) is 11.1 Å².